The van der Waals surface area contributed by atoms with Crippen molar-refractivity contribution < 1.29 is 18.7 Å². The second-order valence-corrected chi connectivity index (χ2v) is 3.17. The van der Waals surface area contributed by atoms with E-state index >= 15 is 0 Å². The van der Waals surface area contributed by atoms with Crippen molar-refractivity contribution >= 4 is 17.5 Å². The standard InChI is InChI=1S/C10H14FN3O3/c1-16-9-5-8(6(11)4-7(9)12)14-2-3-17-10(13)15/h4-5,14H,2-3,12H2,1H3,(H2,13,15). The van der Waals surface area contributed by atoms with E-state index in [1.165, 1.54) is 13.2 Å². The van der Waals surface area contributed by atoms with Gasteiger partial charge in [0.1, 0.15) is 18.2 Å². The first-order valence-corrected chi connectivity index (χ1v) is 4.83. The summed E-state index contributed by atoms with van der Waals surface area (Å²) in [5, 5.41) is 2.73. The minimum Gasteiger partial charge on any atom is -0.495 e. The van der Waals surface area contributed by atoms with Crippen molar-refractivity contribution in [2.75, 3.05) is 31.3 Å². The Kier molecular flexibility index (Phi) is 4.38. The van der Waals surface area contributed by atoms with Crippen molar-refractivity contribution in [2.45, 2.75) is 0 Å². The fourth-order valence-corrected chi connectivity index (χ4v) is 1.22. The number of benzene rings is 1. The molecule has 0 atom stereocenters. The molecule has 7 heteroatoms. The van der Waals surface area contributed by atoms with Crippen molar-refractivity contribution in [1.29, 1.82) is 0 Å². The Hall–Kier alpha value is -2.18. The monoisotopic (exact) mass is 243 g/mol. The van der Waals surface area contributed by atoms with Crippen molar-refractivity contribution in [3.8, 4) is 5.75 Å². The highest BCUT2D eigenvalue weighted by atomic mass is 19.1. The van der Waals surface area contributed by atoms with E-state index < -0.39 is 11.9 Å². The van der Waals surface area contributed by atoms with E-state index in [9.17, 15) is 9.18 Å². The van der Waals surface area contributed by atoms with Crippen LogP contribution in [0, 0.1) is 5.82 Å². The van der Waals surface area contributed by atoms with Gasteiger partial charge >= 0.3 is 6.09 Å². The summed E-state index contributed by atoms with van der Waals surface area (Å²) in [6.45, 7) is 0.272. The predicted octanol–water partition coefficient (Wildman–Crippen LogP) is 0.924. The van der Waals surface area contributed by atoms with Gasteiger partial charge in [0.15, 0.2) is 0 Å². The molecule has 0 aliphatic carbocycles. The van der Waals surface area contributed by atoms with Gasteiger partial charge in [-0.3, -0.25) is 0 Å². The van der Waals surface area contributed by atoms with Crippen molar-refractivity contribution in [3.63, 3.8) is 0 Å². The van der Waals surface area contributed by atoms with Crippen molar-refractivity contribution in [3.05, 3.63) is 17.9 Å². The van der Waals surface area contributed by atoms with E-state index in [1.54, 1.807) is 0 Å². The molecule has 6 nitrogen and oxygen atoms in total. The summed E-state index contributed by atoms with van der Waals surface area (Å²) in [4.78, 5) is 10.3. The average Bonchev–Trinajstić information content (AvgIpc) is 2.26. The minimum absolute atomic E-state index is 0.0431. The fourth-order valence-electron chi connectivity index (χ4n) is 1.22. The lowest BCUT2D eigenvalue weighted by molar-refractivity contribution is 0.161. The highest BCUT2D eigenvalue weighted by Gasteiger charge is 2.07. The Morgan fingerprint density at radius 1 is 1.53 bits per heavy atom. The molecule has 94 valence electrons. The first-order chi connectivity index (χ1) is 8.04. The molecule has 1 aromatic carbocycles. The van der Waals surface area contributed by atoms with Crippen molar-refractivity contribution in [2.24, 2.45) is 5.73 Å². The number of rotatable bonds is 5. The van der Waals surface area contributed by atoms with E-state index in [1.807, 2.05) is 0 Å². The lowest BCUT2D eigenvalue weighted by Crippen LogP contribution is -2.18. The first kappa shape index (κ1) is 12.9. The van der Waals surface area contributed by atoms with Gasteiger partial charge < -0.3 is 26.3 Å². The maximum atomic E-state index is 13.4. The molecule has 1 aromatic rings. The van der Waals surface area contributed by atoms with Crippen LogP contribution in [-0.2, 0) is 4.74 Å². The summed E-state index contributed by atoms with van der Waals surface area (Å²) >= 11 is 0. The minimum atomic E-state index is -0.873. The molecule has 0 aliphatic rings. The number of carbonyl (C=O) groups is 1. The van der Waals surface area contributed by atoms with Gasteiger partial charge in [0.05, 0.1) is 18.5 Å². The summed E-state index contributed by atoms with van der Waals surface area (Å²) in [5.41, 5.74) is 10.7. The zero-order valence-electron chi connectivity index (χ0n) is 9.33. The number of carbonyl (C=O) groups excluding carboxylic acids is 1. The largest absolute Gasteiger partial charge is 0.495 e. The second-order valence-electron chi connectivity index (χ2n) is 3.17. The number of anilines is 2. The van der Waals surface area contributed by atoms with E-state index in [0.29, 0.717) is 5.75 Å². The number of halogens is 1. The normalized spacial score (nSPS) is 9.76. The number of primary amides is 1. The third-order valence-corrected chi connectivity index (χ3v) is 1.98. The summed E-state index contributed by atoms with van der Waals surface area (Å²) in [5.74, 6) is -0.146. The zero-order valence-corrected chi connectivity index (χ0v) is 9.33. The molecule has 1 amide bonds. The van der Waals surface area contributed by atoms with E-state index in [-0.39, 0.29) is 24.5 Å². The maximum Gasteiger partial charge on any atom is 0.404 e. The first-order valence-electron chi connectivity index (χ1n) is 4.83. The predicted molar refractivity (Wildman–Crippen MR) is 61.4 cm³/mol. The molecule has 0 aliphatic heterocycles. The van der Waals surface area contributed by atoms with Gasteiger partial charge in [0.2, 0.25) is 0 Å². The number of methoxy groups -OCH3 is 1. The highest BCUT2D eigenvalue weighted by molar-refractivity contribution is 5.64. The number of nitrogens with two attached hydrogens (primary N) is 2. The number of ether oxygens (including phenoxy) is 2. The summed E-state index contributed by atoms with van der Waals surface area (Å²) in [6, 6.07) is 2.57. The van der Waals surface area contributed by atoms with Crippen LogP contribution in [0.5, 0.6) is 5.75 Å². The number of nitrogens with one attached hydrogen (secondary N) is 1. The Labute approximate surface area is 97.7 Å². The molecule has 0 aromatic heterocycles. The molecule has 0 bridgehead atoms. The van der Waals surface area contributed by atoms with Crippen LogP contribution in [0.1, 0.15) is 0 Å². The third-order valence-electron chi connectivity index (χ3n) is 1.98. The van der Waals surface area contributed by atoms with E-state index in [2.05, 4.69) is 10.1 Å². The van der Waals surface area contributed by atoms with E-state index in [4.69, 9.17) is 16.2 Å². The molecular formula is C10H14FN3O3. The van der Waals surface area contributed by atoms with Crippen molar-refractivity contribution in [1.82, 2.24) is 0 Å². The smallest absolute Gasteiger partial charge is 0.404 e. The van der Waals surface area contributed by atoms with Crippen LogP contribution in [0.4, 0.5) is 20.6 Å². The number of hydrogen-bond acceptors (Lipinski definition) is 5. The Morgan fingerprint density at radius 2 is 2.24 bits per heavy atom. The zero-order chi connectivity index (χ0) is 12.8. The molecule has 0 saturated carbocycles. The number of amides is 1. The maximum absolute atomic E-state index is 13.4. The topological polar surface area (TPSA) is 99.6 Å². The molecule has 1 rings (SSSR count). The van der Waals surface area contributed by atoms with E-state index in [0.717, 1.165) is 6.07 Å². The molecule has 0 fully saturated rings. The quantitative estimate of drug-likeness (QED) is 0.527. The average molecular weight is 243 g/mol. The number of hydrogen-bond donors (Lipinski definition) is 3. The van der Waals surface area contributed by atoms with Crippen LogP contribution in [0.2, 0.25) is 0 Å². The summed E-state index contributed by atoms with van der Waals surface area (Å²) in [7, 11) is 1.43. The second kappa shape index (κ2) is 5.78. The Morgan fingerprint density at radius 3 is 2.82 bits per heavy atom. The highest BCUT2D eigenvalue weighted by Crippen LogP contribution is 2.27. The lowest BCUT2D eigenvalue weighted by atomic mass is 10.2. The van der Waals surface area contributed by atoms with Gasteiger partial charge in [-0.25, -0.2) is 9.18 Å². The summed E-state index contributed by atoms with van der Waals surface area (Å²) < 4.78 is 22.9. The number of nitrogen functional groups attached to an aromatic ring is 1. The van der Waals surface area contributed by atoms with Gasteiger partial charge in [-0.1, -0.05) is 0 Å². The van der Waals surface area contributed by atoms with Crippen LogP contribution in [-0.4, -0.2) is 26.4 Å². The van der Waals surface area contributed by atoms with Gasteiger partial charge in [-0.2, -0.15) is 0 Å². The fraction of sp³-hybridized carbons (Fsp3) is 0.300. The van der Waals surface area contributed by atoms with Crippen LogP contribution in [0.3, 0.4) is 0 Å². The molecule has 0 radical (unpaired) electrons. The van der Waals surface area contributed by atoms with Gasteiger partial charge in [-0.15, -0.1) is 0 Å². The molecule has 0 heterocycles. The summed E-state index contributed by atoms with van der Waals surface area (Å²) in [6.07, 6.45) is -0.873. The van der Waals surface area contributed by atoms with Crippen LogP contribution in [0.25, 0.3) is 0 Å². The molecule has 17 heavy (non-hydrogen) atoms. The van der Waals surface area contributed by atoms with Crippen LogP contribution < -0.4 is 21.5 Å². The molecule has 0 unspecified atom stereocenters. The Bertz CT molecular complexity index is 412. The van der Waals surface area contributed by atoms with Gasteiger partial charge in [0, 0.05) is 18.7 Å². The van der Waals surface area contributed by atoms with Gasteiger partial charge in [-0.05, 0) is 0 Å². The molecule has 0 saturated heterocycles. The van der Waals surface area contributed by atoms with Crippen LogP contribution >= 0.6 is 0 Å². The molecular weight excluding hydrogens is 229 g/mol. The Balaban J connectivity index is 2.61. The molecule has 0 spiro atoms. The molecule has 5 N–H and O–H groups in total. The third kappa shape index (κ3) is 3.71. The van der Waals surface area contributed by atoms with Crippen LogP contribution in [0.15, 0.2) is 12.1 Å². The lowest BCUT2D eigenvalue weighted by Gasteiger charge is -2.11. The SMILES string of the molecule is COc1cc(NCCOC(N)=O)c(F)cc1N. The van der Waals surface area contributed by atoms with Gasteiger partial charge in [0.25, 0.3) is 0 Å².